The van der Waals surface area contributed by atoms with Crippen LogP contribution in [-0.4, -0.2) is 44.9 Å². The van der Waals surface area contributed by atoms with E-state index in [0.717, 1.165) is 40.8 Å². The Kier molecular flexibility index (Phi) is 6.46. The second-order valence-electron chi connectivity index (χ2n) is 6.65. The molecule has 0 radical (unpaired) electrons. The van der Waals surface area contributed by atoms with Gasteiger partial charge in [-0.1, -0.05) is 6.07 Å². The van der Waals surface area contributed by atoms with E-state index >= 15 is 0 Å². The first-order chi connectivity index (χ1) is 13.3. The summed E-state index contributed by atoms with van der Waals surface area (Å²) in [6.45, 7) is 3.20. The van der Waals surface area contributed by atoms with E-state index in [1.54, 1.807) is 11.8 Å². The molecule has 0 unspecified atom stereocenters. The number of H-pyrrole nitrogens is 1. The summed E-state index contributed by atoms with van der Waals surface area (Å²) in [6.07, 6.45) is -1.37. The second kappa shape index (κ2) is 8.83. The number of aromatic amines is 1. The maximum Gasteiger partial charge on any atom is 0.419 e. The van der Waals surface area contributed by atoms with Gasteiger partial charge in [-0.05, 0) is 30.5 Å². The number of piperazine rings is 1. The number of halogens is 3. The number of amides is 1. The minimum Gasteiger partial charge on any atom is -0.321 e. The Morgan fingerprint density at radius 3 is 2.61 bits per heavy atom. The molecule has 1 aliphatic heterocycles. The van der Waals surface area contributed by atoms with Crippen LogP contribution in [-0.2, 0) is 11.0 Å². The van der Waals surface area contributed by atoms with Gasteiger partial charge in [-0.3, -0.25) is 9.69 Å². The molecule has 28 heavy (non-hydrogen) atoms. The summed E-state index contributed by atoms with van der Waals surface area (Å²) in [5, 5.41) is 2.93. The van der Waals surface area contributed by atoms with Crippen molar-refractivity contribution < 1.29 is 27.8 Å². The highest BCUT2D eigenvalue weighted by atomic mass is 32.2. The smallest absolute Gasteiger partial charge is 0.321 e. The van der Waals surface area contributed by atoms with E-state index < -0.39 is 11.7 Å². The number of quaternary nitrogens is 1. The van der Waals surface area contributed by atoms with Crippen LogP contribution >= 0.6 is 11.8 Å². The molecule has 5 nitrogen and oxygen atoms in total. The fourth-order valence-corrected chi connectivity index (χ4v) is 3.62. The second-order valence-corrected chi connectivity index (χ2v) is 7.53. The molecule has 0 spiro atoms. The zero-order chi connectivity index (χ0) is 20.1. The van der Waals surface area contributed by atoms with Crippen LogP contribution < -0.4 is 20.1 Å². The number of rotatable bonds is 5. The van der Waals surface area contributed by atoms with Crippen LogP contribution in [0.4, 0.5) is 24.7 Å². The Morgan fingerprint density at radius 1 is 1.25 bits per heavy atom. The molecule has 1 aliphatic rings. The summed E-state index contributed by atoms with van der Waals surface area (Å²) in [5.41, 5.74) is 0.0944. The van der Waals surface area contributed by atoms with Gasteiger partial charge in [0.25, 0.3) is 11.7 Å². The highest BCUT2D eigenvalue weighted by Gasteiger charge is 2.33. The van der Waals surface area contributed by atoms with Crippen molar-refractivity contribution in [2.24, 2.45) is 0 Å². The molecule has 1 fully saturated rings. The van der Waals surface area contributed by atoms with Crippen molar-refractivity contribution in [1.82, 2.24) is 0 Å². The zero-order valence-electron chi connectivity index (χ0n) is 15.5. The van der Waals surface area contributed by atoms with Crippen molar-refractivity contribution in [2.75, 3.05) is 49.2 Å². The minimum atomic E-state index is -4.35. The molecule has 2 aromatic rings. The number of hydrogen-bond acceptors (Lipinski definition) is 3. The van der Waals surface area contributed by atoms with E-state index in [1.165, 1.54) is 6.07 Å². The van der Waals surface area contributed by atoms with Gasteiger partial charge in [-0.2, -0.15) is 13.2 Å². The van der Waals surface area contributed by atoms with Gasteiger partial charge in [0.1, 0.15) is 32.4 Å². The molecule has 9 heteroatoms. The van der Waals surface area contributed by atoms with Gasteiger partial charge in [-0.25, -0.2) is 4.98 Å². The third-order valence-electron chi connectivity index (χ3n) is 4.70. The first-order valence-corrected chi connectivity index (χ1v) is 10.2. The summed E-state index contributed by atoms with van der Waals surface area (Å²) < 4.78 is 38.0. The first kappa shape index (κ1) is 20.5. The van der Waals surface area contributed by atoms with Crippen molar-refractivity contribution in [1.29, 1.82) is 0 Å². The summed E-state index contributed by atoms with van der Waals surface area (Å²) >= 11 is 1.62. The quantitative estimate of drug-likeness (QED) is 0.734. The Bertz CT molecular complexity index is 806. The van der Waals surface area contributed by atoms with E-state index in [2.05, 4.69) is 10.3 Å². The molecule has 0 aliphatic carbocycles. The molecule has 1 aromatic heterocycles. The molecule has 3 N–H and O–H groups in total. The van der Waals surface area contributed by atoms with Crippen molar-refractivity contribution in [3.8, 4) is 0 Å². The molecule has 1 aromatic carbocycles. The van der Waals surface area contributed by atoms with Gasteiger partial charge in [-0.15, -0.1) is 11.8 Å². The van der Waals surface area contributed by atoms with E-state index in [0.29, 0.717) is 25.5 Å². The Morgan fingerprint density at radius 2 is 2.00 bits per heavy atom. The normalized spacial score (nSPS) is 15.5. The number of hydrogen-bond donors (Lipinski definition) is 2. The molecule has 3 rings (SSSR count). The lowest BCUT2D eigenvalue weighted by Crippen LogP contribution is -3.15. The van der Waals surface area contributed by atoms with Crippen LogP contribution in [0.5, 0.6) is 0 Å². The fraction of sp³-hybridized carbons (Fsp3) is 0.368. The maximum absolute atomic E-state index is 12.7. The van der Waals surface area contributed by atoms with Crippen LogP contribution in [0, 0.1) is 0 Å². The highest BCUT2D eigenvalue weighted by Crippen LogP contribution is 2.28. The molecule has 150 valence electrons. The van der Waals surface area contributed by atoms with Gasteiger partial charge >= 0.3 is 6.18 Å². The molecule has 1 amide bonds. The standard InChI is InChI=1S/C19H21F3N4OS/c1-28-16-4-2-3-15(11-16)24-18(27)13-25-7-9-26(10-8-25)17-6-5-14(12-23-17)19(20,21)22/h2-6,11-12H,7-10,13H2,1H3,(H,24,27)/p+2. The van der Waals surface area contributed by atoms with Crippen LogP contribution in [0.1, 0.15) is 5.56 Å². The number of benzene rings is 1. The number of nitrogens with one attached hydrogen (secondary N) is 3. The molecule has 2 heterocycles. The van der Waals surface area contributed by atoms with Crippen molar-refractivity contribution in [3.05, 3.63) is 48.2 Å². The SMILES string of the molecule is CSc1cccc(NC(=O)C[NH+]2CCN(c3ccc(C(F)(F)F)c[nH+]3)CC2)c1. The summed E-state index contributed by atoms with van der Waals surface area (Å²) in [5.74, 6) is 0.619. The van der Waals surface area contributed by atoms with E-state index in [-0.39, 0.29) is 5.91 Å². The first-order valence-electron chi connectivity index (χ1n) is 8.96. The van der Waals surface area contributed by atoms with Gasteiger partial charge < -0.3 is 10.2 Å². The fourth-order valence-electron chi connectivity index (χ4n) is 3.16. The maximum atomic E-state index is 12.7. The number of nitrogens with zero attached hydrogens (tertiary/aromatic N) is 1. The van der Waals surface area contributed by atoms with E-state index in [1.807, 2.05) is 35.4 Å². The van der Waals surface area contributed by atoms with Crippen molar-refractivity contribution >= 4 is 29.2 Å². The molecule has 0 saturated carbocycles. The molecular weight excluding hydrogens is 389 g/mol. The topological polar surface area (TPSA) is 50.9 Å². The number of anilines is 2. The van der Waals surface area contributed by atoms with Gasteiger partial charge in [0.05, 0.1) is 5.56 Å². The monoisotopic (exact) mass is 412 g/mol. The third-order valence-corrected chi connectivity index (χ3v) is 5.42. The summed E-state index contributed by atoms with van der Waals surface area (Å²) in [6, 6.07) is 10.2. The lowest BCUT2D eigenvalue weighted by atomic mass is 10.2. The Balaban J connectivity index is 1.49. The molecule has 1 saturated heterocycles. The number of aromatic nitrogens is 1. The predicted octanol–water partition coefficient (Wildman–Crippen LogP) is 1.58. The lowest BCUT2D eigenvalue weighted by Gasteiger charge is -2.28. The average molecular weight is 412 g/mol. The van der Waals surface area contributed by atoms with E-state index in [4.69, 9.17) is 0 Å². The van der Waals surface area contributed by atoms with Crippen LogP contribution in [0.3, 0.4) is 0 Å². The van der Waals surface area contributed by atoms with Crippen LogP contribution in [0.2, 0.25) is 0 Å². The molecular formula is C19H23F3N4OS+2. The third kappa shape index (κ3) is 5.39. The number of thioether (sulfide) groups is 1. The lowest BCUT2D eigenvalue weighted by molar-refractivity contribution is -0.892. The Labute approximate surface area is 165 Å². The van der Waals surface area contributed by atoms with Crippen molar-refractivity contribution in [3.63, 3.8) is 0 Å². The predicted molar refractivity (Wildman–Crippen MR) is 103 cm³/mol. The summed E-state index contributed by atoms with van der Waals surface area (Å²) in [7, 11) is 0. The molecule has 0 atom stereocenters. The molecule has 0 bridgehead atoms. The van der Waals surface area contributed by atoms with E-state index in [9.17, 15) is 18.0 Å². The van der Waals surface area contributed by atoms with Crippen LogP contribution in [0.25, 0.3) is 0 Å². The zero-order valence-corrected chi connectivity index (χ0v) is 16.3. The summed E-state index contributed by atoms with van der Waals surface area (Å²) in [4.78, 5) is 19.3. The number of carbonyl (C=O) groups is 1. The van der Waals surface area contributed by atoms with Gasteiger partial charge in [0.2, 0.25) is 0 Å². The van der Waals surface area contributed by atoms with Gasteiger partial charge in [0.15, 0.2) is 6.54 Å². The van der Waals surface area contributed by atoms with Crippen LogP contribution in [0.15, 0.2) is 47.5 Å². The van der Waals surface area contributed by atoms with Gasteiger partial charge in [0, 0.05) is 16.6 Å². The van der Waals surface area contributed by atoms with Crippen molar-refractivity contribution in [2.45, 2.75) is 11.1 Å². The average Bonchev–Trinajstić information content (AvgIpc) is 2.68. The number of pyridine rings is 1. The largest absolute Gasteiger partial charge is 0.419 e. The number of carbonyl (C=O) groups excluding carboxylic acids is 1. The minimum absolute atomic E-state index is 0.0391. The Hall–Kier alpha value is -2.26. The highest BCUT2D eigenvalue weighted by molar-refractivity contribution is 7.98. The number of alkyl halides is 3.